The van der Waals surface area contributed by atoms with E-state index in [1.54, 1.807) is 12.0 Å². The van der Waals surface area contributed by atoms with Crippen LogP contribution in [0.1, 0.15) is 28.3 Å². The molecule has 3 rings (SSSR count). The van der Waals surface area contributed by atoms with Crippen LogP contribution in [0.2, 0.25) is 0 Å². The first-order valence-electron chi connectivity index (χ1n) is 8.79. The van der Waals surface area contributed by atoms with Gasteiger partial charge >= 0.3 is 0 Å². The molecule has 0 spiro atoms. The maximum atomic E-state index is 13.0. The Bertz CT molecular complexity index is 786. The molecule has 0 aliphatic carbocycles. The highest BCUT2D eigenvalue weighted by Gasteiger charge is 2.36. The highest BCUT2D eigenvalue weighted by atomic mass is 16.5. The summed E-state index contributed by atoms with van der Waals surface area (Å²) in [6.07, 6.45) is 0.321. The number of nitrogens with one attached hydrogen (secondary N) is 1. The zero-order valence-electron chi connectivity index (χ0n) is 15.2. The predicted octanol–water partition coefficient (Wildman–Crippen LogP) is 2.38. The summed E-state index contributed by atoms with van der Waals surface area (Å²) < 4.78 is 5.12. The van der Waals surface area contributed by atoms with Crippen molar-refractivity contribution in [3.05, 3.63) is 70.8 Å². The van der Waals surface area contributed by atoms with Crippen LogP contribution in [0.25, 0.3) is 0 Å². The fraction of sp³-hybridized carbons (Fsp3) is 0.333. The van der Waals surface area contributed by atoms with Crippen LogP contribution in [-0.2, 0) is 27.3 Å². The molecular weight excluding hydrogens is 328 g/mol. The van der Waals surface area contributed by atoms with Crippen molar-refractivity contribution < 1.29 is 14.3 Å². The summed E-state index contributed by atoms with van der Waals surface area (Å²) in [6.45, 7) is 3.26. The molecule has 2 aromatic carbocycles. The largest absolute Gasteiger partial charge is 0.383 e. The molecule has 2 amide bonds. The van der Waals surface area contributed by atoms with Crippen molar-refractivity contribution in [3.8, 4) is 0 Å². The van der Waals surface area contributed by atoms with Crippen molar-refractivity contribution in [2.24, 2.45) is 0 Å². The first-order valence-corrected chi connectivity index (χ1v) is 8.79. The van der Waals surface area contributed by atoms with Gasteiger partial charge in [0.2, 0.25) is 11.8 Å². The Balaban J connectivity index is 1.81. The van der Waals surface area contributed by atoms with E-state index in [-0.39, 0.29) is 11.8 Å². The van der Waals surface area contributed by atoms with E-state index in [2.05, 4.69) is 5.32 Å². The summed E-state index contributed by atoms with van der Waals surface area (Å²) in [7, 11) is 1.59. The van der Waals surface area contributed by atoms with Crippen LogP contribution in [-0.4, -0.2) is 37.0 Å². The van der Waals surface area contributed by atoms with E-state index in [4.69, 9.17) is 4.74 Å². The molecule has 0 radical (unpaired) electrons. The van der Waals surface area contributed by atoms with E-state index in [0.29, 0.717) is 26.1 Å². The van der Waals surface area contributed by atoms with Crippen LogP contribution >= 0.6 is 0 Å². The molecule has 5 heteroatoms. The summed E-state index contributed by atoms with van der Waals surface area (Å²) in [5.74, 6) is -0.210. The lowest BCUT2D eigenvalue weighted by Gasteiger charge is -2.36. The van der Waals surface area contributed by atoms with Crippen LogP contribution < -0.4 is 5.32 Å². The molecule has 26 heavy (non-hydrogen) atoms. The van der Waals surface area contributed by atoms with Gasteiger partial charge in [-0.2, -0.15) is 0 Å². The Morgan fingerprint density at radius 3 is 2.65 bits per heavy atom. The average Bonchev–Trinajstić information content (AvgIpc) is 2.65. The van der Waals surface area contributed by atoms with Gasteiger partial charge in [0.1, 0.15) is 6.04 Å². The maximum absolute atomic E-state index is 13.0. The van der Waals surface area contributed by atoms with Gasteiger partial charge in [-0.05, 0) is 23.6 Å². The Kier molecular flexibility index (Phi) is 5.68. The Hall–Kier alpha value is -2.66. The minimum Gasteiger partial charge on any atom is -0.383 e. The summed E-state index contributed by atoms with van der Waals surface area (Å²) in [5.41, 5.74) is 4.02. The molecule has 1 heterocycles. The van der Waals surface area contributed by atoms with Gasteiger partial charge < -0.3 is 15.0 Å². The van der Waals surface area contributed by atoms with E-state index in [1.165, 1.54) is 5.56 Å². The Labute approximate surface area is 154 Å². The number of carbonyl (C=O) groups is 2. The number of methoxy groups -OCH3 is 1. The number of rotatable bonds is 6. The van der Waals surface area contributed by atoms with Gasteiger partial charge in [-0.3, -0.25) is 9.59 Å². The Morgan fingerprint density at radius 2 is 1.92 bits per heavy atom. The SMILES string of the molecule is COCCN1C(=O)Cc2ccccc2[C@@H]1C(=O)NCc1ccc(C)cc1. The lowest BCUT2D eigenvalue weighted by atomic mass is 9.91. The highest BCUT2D eigenvalue weighted by molar-refractivity contribution is 5.92. The van der Waals surface area contributed by atoms with Crippen molar-refractivity contribution in [2.75, 3.05) is 20.3 Å². The van der Waals surface area contributed by atoms with Crippen LogP contribution in [0.15, 0.2) is 48.5 Å². The minimum atomic E-state index is -0.618. The molecule has 0 saturated carbocycles. The van der Waals surface area contributed by atoms with Crippen molar-refractivity contribution in [1.29, 1.82) is 0 Å². The van der Waals surface area contributed by atoms with E-state index in [9.17, 15) is 9.59 Å². The quantitative estimate of drug-likeness (QED) is 0.868. The first-order chi connectivity index (χ1) is 12.6. The second-order valence-electron chi connectivity index (χ2n) is 6.56. The number of hydrogen-bond donors (Lipinski definition) is 1. The molecule has 136 valence electrons. The van der Waals surface area contributed by atoms with Gasteiger partial charge in [0.15, 0.2) is 0 Å². The van der Waals surface area contributed by atoms with Crippen LogP contribution in [0.5, 0.6) is 0 Å². The average molecular weight is 352 g/mol. The number of benzene rings is 2. The molecule has 5 nitrogen and oxygen atoms in total. The van der Waals surface area contributed by atoms with Gasteiger partial charge in [0.05, 0.1) is 13.0 Å². The highest BCUT2D eigenvalue weighted by Crippen LogP contribution is 2.30. The molecule has 1 aliphatic heterocycles. The number of hydrogen-bond acceptors (Lipinski definition) is 3. The molecular formula is C21H24N2O3. The third-order valence-corrected chi connectivity index (χ3v) is 4.70. The van der Waals surface area contributed by atoms with Crippen molar-refractivity contribution in [1.82, 2.24) is 10.2 Å². The van der Waals surface area contributed by atoms with Crippen LogP contribution in [0.4, 0.5) is 0 Å². The molecule has 0 bridgehead atoms. The minimum absolute atomic E-state index is 0.0452. The van der Waals surface area contributed by atoms with Crippen LogP contribution in [0, 0.1) is 6.92 Å². The topological polar surface area (TPSA) is 58.6 Å². The number of amides is 2. The summed E-state index contributed by atoms with van der Waals surface area (Å²) in [4.78, 5) is 27.2. The van der Waals surface area contributed by atoms with E-state index >= 15 is 0 Å². The molecule has 0 unspecified atom stereocenters. The smallest absolute Gasteiger partial charge is 0.247 e. The van der Waals surface area contributed by atoms with Crippen molar-refractivity contribution in [3.63, 3.8) is 0 Å². The fourth-order valence-electron chi connectivity index (χ4n) is 3.26. The monoisotopic (exact) mass is 352 g/mol. The molecule has 1 atom stereocenters. The number of ether oxygens (including phenoxy) is 1. The zero-order valence-corrected chi connectivity index (χ0v) is 15.2. The standard InChI is InChI=1S/C21H24N2O3/c1-15-7-9-16(10-8-15)14-22-21(25)20-18-6-4-3-5-17(18)13-19(24)23(20)11-12-26-2/h3-10,20H,11-14H2,1-2H3,(H,22,25)/t20-/m1/s1. The van der Waals surface area contributed by atoms with Gasteiger partial charge in [0, 0.05) is 20.2 Å². The molecule has 0 aromatic heterocycles. The van der Waals surface area contributed by atoms with Crippen LogP contribution in [0.3, 0.4) is 0 Å². The number of aryl methyl sites for hydroxylation is 1. The lowest BCUT2D eigenvalue weighted by Crippen LogP contribution is -2.48. The van der Waals surface area contributed by atoms with Gasteiger partial charge in [-0.1, -0.05) is 54.1 Å². The van der Waals surface area contributed by atoms with Gasteiger partial charge in [-0.25, -0.2) is 0 Å². The van der Waals surface area contributed by atoms with E-state index in [1.807, 2.05) is 55.5 Å². The Morgan fingerprint density at radius 1 is 1.19 bits per heavy atom. The lowest BCUT2D eigenvalue weighted by molar-refractivity contribution is -0.142. The molecule has 2 aromatic rings. The third kappa shape index (κ3) is 3.94. The number of nitrogens with zero attached hydrogens (tertiary/aromatic N) is 1. The zero-order chi connectivity index (χ0) is 18.5. The van der Waals surface area contributed by atoms with Crippen molar-refractivity contribution >= 4 is 11.8 Å². The molecule has 0 saturated heterocycles. The maximum Gasteiger partial charge on any atom is 0.247 e. The van der Waals surface area contributed by atoms with Crippen molar-refractivity contribution in [2.45, 2.75) is 25.9 Å². The predicted molar refractivity (Wildman–Crippen MR) is 99.5 cm³/mol. The van der Waals surface area contributed by atoms with Gasteiger partial charge in [0.25, 0.3) is 0 Å². The fourth-order valence-corrected chi connectivity index (χ4v) is 3.26. The second kappa shape index (κ2) is 8.15. The molecule has 1 aliphatic rings. The molecule has 1 N–H and O–H groups in total. The van der Waals surface area contributed by atoms with E-state index in [0.717, 1.165) is 16.7 Å². The normalized spacial score (nSPS) is 16.3. The summed E-state index contributed by atoms with van der Waals surface area (Å²) in [5, 5.41) is 2.98. The molecule has 0 fully saturated rings. The summed E-state index contributed by atoms with van der Waals surface area (Å²) in [6, 6.07) is 15.1. The second-order valence-corrected chi connectivity index (χ2v) is 6.56. The summed E-state index contributed by atoms with van der Waals surface area (Å²) >= 11 is 0. The number of carbonyl (C=O) groups excluding carboxylic acids is 2. The van der Waals surface area contributed by atoms with Gasteiger partial charge in [-0.15, -0.1) is 0 Å². The third-order valence-electron chi connectivity index (χ3n) is 4.70. The van der Waals surface area contributed by atoms with E-state index < -0.39 is 6.04 Å². The number of fused-ring (bicyclic) bond motifs is 1. The first kappa shape index (κ1) is 18.1.